The van der Waals surface area contributed by atoms with Gasteiger partial charge in [-0.3, -0.25) is 0 Å². The Balaban J connectivity index is 1.97. The molecule has 0 aromatic heterocycles. The first-order chi connectivity index (χ1) is 9.00. The SMILES string of the molecule is CC(C)(C)C1CCN(CC(C#N)c2ccccc2)C1. The predicted octanol–water partition coefficient (Wildman–Crippen LogP) is 3.66. The number of benzene rings is 1. The Labute approximate surface area is 117 Å². The molecule has 0 saturated carbocycles. The third-order valence-corrected chi connectivity index (χ3v) is 4.30. The van der Waals surface area contributed by atoms with Gasteiger partial charge in [-0.2, -0.15) is 5.26 Å². The van der Waals surface area contributed by atoms with E-state index >= 15 is 0 Å². The van der Waals surface area contributed by atoms with Gasteiger partial charge in [0.1, 0.15) is 0 Å². The van der Waals surface area contributed by atoms with Gasteiger partial charge in [0.15, 0.2) is 0 Å². The molecule has 0 bridgehead atoms. The molecule has 0 N–H and O–H groups in total. The second-order valence-electron chi connectivity index (χ2n) is 6.70. The minimum atomic E-state index is -0.0000756. The van der Waals surface area contributed by atoms with E-state index in [-0.39, 0.29) is 5.92 Å². The molecule has 2 heteroatoms. The van der Waals surface area contributed by atoms with E-state index in [0.29, 0.717) is 5.41 Å². The van der Waals surface area contributed by atoms with Crippen molar-refractivity contribution in [3.63, 3.8) is 0 Å². The first-order valence-corrected chi connectivity index (χ1v) is 7.17. The van der Waals surface area contributed by atoms with Crippen molar-refractivity contribution in [2.75, 3.05) is 19.6 Å². The van der Waals surface area contributed by atoms with Gasteiger partial charge in [-0.05, 0) is 29.9 Å². The largest absolute Gasteiger partial charge is 0.301 e. The van der Waals surface area contributed by atoms with E-state index in [1.165, 1.54) is 6.42 Å². The molecule has 1 heterocycles. The molecule has 2 unspecified atom stereocenters. The summed E-state index contributed by atoms with van der Waals surface area (Å²) in [5, 5.41) is 9.39. The lowest BCUT2D eigenvalue weighted by Gasteiger charge is -2.27. The average Bonchev–Trinajstić information content (AvgIpc) is 2.85. The Morgan fingerprint density at radius 2 is 2.00 bits per heavy atom. The molecule has 1 aromatic rings. The standard InChI is InChI=1S/C17H24N2/c1-17(2,3)16-9-10-19(13-16)12-15(11-18)14-7-5-4-6-8-14/h4-8,15-16H,9-10,12-13H2,1-3H3. The Hall–Kier alpha value is -1.33. The summed E-state index contributed by atoms with van der Waals surface area (Å²) in [4.78, 5) is 2.46. The molecular formula is C17H24N2. The van der Waals surface area contributed by atoms with Crippen LogP contribution in [0.4, 0.5) is 0 Å². The van der Waals surface area contributed by atoms with Crippen molar-refractivity contribution in [3.8, 4) is 6.07 Å². The van der Waals surface area contributed by atoms with Crippen molar-refractivity contribution in [2.24, 2.45) is 11.3 Å². The van der Waals surface area contributed by atoms with Gasteiger partial charge in [0.2, 0.25) is 0 Å². The molecule has 0 aliphatic carbocycles. The third-order valence-electron chi connectivity index (χ3n) is 4.30. The maximum atomic E-state index is 9.39. The second kappa shape index (κ2) is 5.75. The highest BCUT2D eigenvalue weighted by Gasteiger charge is 2.32. The molecule has 0 radical (unpaired) electrons. The molecule has 0 spiro atoms. The van der Waals surface area contributed by atoms with Gasteiger partial charge < -0.3 is 4.90 Å². The predicted molar refractivity (Wildman–Crippen MR) is 78.8 cm³/mol. The maximum Gasteiger partial charge on any atom is 0.0839 e. The molecule has 2 rings (SSSR count). The Kier molecular flexibility index (Phi) is 4.27. The second-order valence-corrected chi connectivity index (χ2v) is 6.70. The number of likely N-dealkylation sites (tertiary alicyclic amines) is 1. The van der Waals surface area contributed by atoms with Crippen molar-refractivity contribution in [3.05, 3.63) is 35.9 Å². The maximum absolute atomic E-state index is 9.39. The van der Waals surface area contributed by atoms with Crippen LogP contribution in [0.2, 0.25) is 0 Å². The van der Waals surface area contributed by atoms with Crippen LogP contribution in [0, 0.1) is 22.7 Å². The van der Waals surface area contributed by atoms with E-state index in [1.807, 2.05) is 18.2 Å². The van der Waals surface area contributed by atoms with E-state index in [1.54, 1.807) is 0 Å². The van der Waals surface area contributed by atoms with Crippen LogP contribution < -0.4 is 0 Å². The summed E-state index contributed by atoms with van der Waals surface area (Å²) in [7, 11) is 0. The van der Waals surface area contributed by atoms with E-state index in [4.69, 9.17) is 0 Å². The lowest BCUT2D eigenvalue weighted by Crippen LogP contribution is -2.29. The number of nitriles is 1. The lowest BCUT2D eigenvalue weighted by atomic mass is 9.80. The van der Waals surface area contributed by atoms with Crippen LogP contribution in [-0.2, 0) is 0 Å². The van der Waals surface area contributed by atoms with Crippen LogP contribution in [0.15, 0.2) is 30.3 Å². The number of hydrogen-bond acceptors (Lipinski definition) is 2. The summed E-state index contributed by atoms with van der Waals surface area (Å²) in [5.74, 6) is 0.752. The van der Waals surface area contributed by atoms with E-state index in [2.05, 4.69) is 43.9 Å². The van der Waals surface area contributed by atoms with Crippen molar-refractivity contribution in [1.82, 2.24) is 4.90 Å². The van der Waals surface area contributed by atoms with Crippen LogP contribution in [0.3, 0.4) is 0 Å². The summed E-state index contributed by atoms with van der Waals surface area (Å²) in [6.45, 7) is 10.1. The molecule has 0 amide bonds. The number of nitrogens with zero attached hydrogens (tertiary/aromatic N) is 2. The van der Waals surface area contributed by atoms with Crippen LogP contribution in [0.1, 0.15) is 38.7 Å². The first kappa shape index (κ1) is 14.1. The zero-order valence-corrected chi connectivity index (χ0v) is 12.3. The van der Waals surface area contributed by atoms with Crippen LogP contribution >= 0.6 is 0 Å². The van der Waals surface area contributed by atoms with Gasteiger partial charge in [-0.25, -0.2) is 0 Å². The molecule has 2 nitrogen and oxygen atoms in total. The molecule has 19 heavy (non-hydrogen) atoms. The molecule has 1 aliphatic rings. The van der Waals surface area contributed by atoms with Crippen molar-refractivity contribution < 1.29 is 0 Å². The number of rotatable bonds is 3. The molecule has 1 aliphatic heterocycles. The topological polar surface area (TPSA) is 27.0 Å². The summed E-state index contributed by atoms with van der Waals surface area (Å²) < 4.78 is 0. The summed E-state index contributed by atoms with van der Waals surface area (Å²) in [6, 6.07) is 12.6. The minimum absolute atomic E-state index is 0.0000756. The zero-order chi connectivity index (χ0) is 13.9. The fourth-order valence-electron chi connectivity index (χ4n) is 2.87. The molecule has 1 fully saturated rings. The van der Waals surface area contributed by atoms with Crippen molar-refractivity contribution in [2.45, 2.75) is 33.1 Å². The van der Waals surface area contributed by atoms with Crippen molar-refractivity contribution >= 4 is 0 Å². The Bertz CT molecular complexity index is 439. The van der Waals surface area contributed by atoms with Crippen molar-refractivity contribution in [1.29, 1.82) is 5.26 Å². The smallest absolute Gasteiger partial charge is 0.0839 e. The van der Waals surface area contributed by atoms with E-state index in [0.717, 1.165) is 31.1 Å². The quantitative estimate of drug-likeness (QED) is 0.825. The molecule has 102 valence electrons. The summed E-state index contributed by atoms with van der Waals surface area (Å²) in [6.07, 6.45) is 1.26. The molecule has 2 atom stereocenters. The highest BCUT2D eigenvalue weighted by atomic mass is 15.1. The van der Waals surface area contributed by atoms with Gasteiger partial charge in [0.25, 0.3) is 0 Å². The highest BCUT2D eigenvalue weighted by Crippen LogP contribution is 2.34. The summed E-state index contributed by atoms with van der Waals surface area (Å²) in [5.41, 5.74) is 1.52. The van der Waals surface area contributed by atoms with Gasteiger partial charge >= 0.3 is 0 Å². The molecular weight excluding hydrogens is 232 g/mol. The van der Waals surface area contributed by atoms with Crippen LogP contribution in [-0.4, -0.2) is 24.5 Å². The van der Waals surface area contributed by atoms with Gasteiger partial charge in [-0.15, -0.1) is 0 Å². The third kappa shape index (κ3) is 3.58. The normalized spacial score (nSPS) is 22.1. The minimum Gasteiger partial charge on any atom is -0.301 e. The highest BCUT2D eigenvalue weighted by molar-refractivity contribution is 5.25. The average molecular weight is 256 g/mol. The molecule has 1 saturated heterocycles. The Morgan fingerprint density at radius 3 is 2.53 bits per heavy atom. The van der Waals surface area contributed by atoms with Gasteiger partial charge in [0.05, 0.1) is 12.0 Å². The monoisotopic (exact) mass is 256 g/mol. The van der Waals surface area contributed by atoms with E-state index in [9.17, 15) is 5.26 Å². The first-order valence-electron chi connectivity index (χ1n) is 7.17. The van der Waals surface area contributed by atoms with Crippen LogP contribution in [0.5, 0.6) is 0 Å². The van der Waals surface area contributed by atoms with Gasteiger partial charge in [-0.1, -0.05) is 51.1 Å². The fraction of sp³-hybridized carbons (Fsp3) is 0.588. The lowest BCUT2D eigenvalue weighted by molar-refractivity contribution is 0.228. The molecule has 1 aromatic carbocycles. The van der Waals surface area contributed by atoms with Crippen LogP contribution in [0.25, 0.3) is 0 Å². The Morgan fingerprint density at radius 1 is 1.32 bits per heavy atom. The summed E-state index contributed by atoms with van der Waals surface area (Å²) >= 11 is 0. The van der Waals surface area contributed by atoms with Gasteiger partial charge in [0, 0.05) is 13.1 Å². The fourth-order valence-corrected chi connectivity index (χ4v) is 2.87. The zero-order valence-electron chi connectivity index (χ0n) is 12.3. The number of hydrogen-bond donors (Lipinski definition) is 0. The van der Waals surface area contributed by atoms with E-state index < -0.39 is 0 Å².